The molecule has 6 heteroatoms. The van der Waals surface area contributed by atoms with E-state index in [1.807, 2.05) is 32.1 Å². The fraction of sp³-hybridized carbons (Fsp3) is 0.360. The smallest absolute Gasteiger partial charge is 0.252 e. The lowest BCUT2D eigenvalue weighted by Crippen LogP contribution is -2.35. The van der Waals surface area contributed by atoms with Crippen LogP contribution in [0.2, 0.25) is 0 Å². The normalized spacial score (nSPS) is 14.6. The van der Waals surface area contributed by atoms with Gasteiger partial charge in [0.25, 0.3) is 5.91 Å². The third-order valence-electron chi connectivity index (χ3n) is 5.73. The zero-order valence-electron chi connectivity index (χ0n) is 18.5. The molecule has 0 radical (unpaired) electrons. The molecule has 3 aromatic rings. The van der Waals surface area contributed by atoms with E-state index in [0.717, 1.165) is 19.6 Å². The number of para-hydroxylation sites is 1. The minimum atomic E-state index is -0.520. The molecule has 1 aliphatic heterocycles. The van der Waals surface area contributed by atoms with E-state index in [1.54, 1.807) is 24.3 Å². The highest BCUT2D eigenvalue weighted by Gasteiger charge is 2.28. The first kappa shape index (κ1) is 21.1. The lowest BCUT2D eigenvalue weighted by atomic mass is 9.96. The van der Waals surface area contributed by atoms with Gasteiger partial charge < -0.3 is 19.4 Å². The first-order valence-corrected chi connectivity index (χ1v) is 10.8. The molecule has 0 bridgehead atoms. The average Bonchev–Trinajstić information content (AvgIpc) is 2.75. The van der Waals surface area contributed by atoms with Gasteiger partial charge in [0.15, 0.2) is 0 Å². The van der Waals surface area contributed by atoms with Crippen LogP contribution in [0, 0.1) is 0 Å². The number of carbonyl (C=O) groups excluding carboxylic acids is 1. The fourth-order valence-electron chi connectivity index (χ4n) is 3.95. The largest absolute Gasteiger partial charge is 0.483 e. The van der Waals surface area contributed by atoms with Gasteiger partial charge in [0.05, 0.1) is 21.9 Å². The zero-order chi connectivity index (χ0) is 22.2. The van der Waals surface area contributed by atoms with Crippen LogP contribution in [0.4, 0.5) is 0 Å². The van der Waals surface area contributed by atoms with Crippen LogP contribution < -0.4 is 15.5 Å². The van der Waals surface area contributed by atoms with Gasteiger partial charge in [-0.2, -0.15) is 0 Å². The number of amides is 1. The second-order valence-corrected chi connectivity index (χ2v) is 8.29. The van der Waals surface area contributed by atoms with E-state index < -0.39 is 5.60 Å². The van der Waals surface area contributed by atoms with Gasteiger partial charge in [0.2, 0.25) is 5.43 Å². The molecular weight excluding hydrogens is 392 g/mol. The second-order valence-electron chi connectivity index (χ2n) is 8.29. The monoisotopic (exact) mass is 420 g/mol. The molecule has 0 unspecified atom stereocenters. The Morgan fingerprint density at radius 2 is 1.90 bits per heavy atom. The van der Waals surface area contributed by atoms with E-state index in [1.165, 1.54) is 0 Å². The van der Waals surface area contributed by atoms with E-state index in [9.17, 15) is 9.59 Å². The van der Waals surface area contributed by atoms with Crippen molar-refractivity contribution in [1.29, 1.82) is 0 Å². The molecule has 0 atom stereocenters. The summed E-state index contributed by atoms with van der Waals surface area (Å²) in [6.07, 6.45) is 3.83. The number of hydrogen-bond donors (Lipinski definition) is 1. The summed E-state index contributed by atoms with van der Waals surface area (Å²) >= 11 is 0. The molecule has 31 heavy (non-hydrogen) atoms. The second kappa shape index (κ2) is 8.19. The molecular formula is C25H28N2O4. The Morgan fingerprint density at radius 3 is 2.65 bits per heavy atom. The first-order valence-electron chi connectivity index (χ1n) is 10.8. The molecule has 0 aliphatic carbocycles. The van der Waals surface area contributed by atoms with E-state index >= 15 is 0 Å². The number of benzene rings is 2. The molecule has 1 amide bonds. The number of hydrogen-bond acceptors (Lipinski definition) is 5. The summed E-state index contributed by atoms with van der Waals surface area (Å²) in [4.78, 5) is 28.8. The van der Waals surface area contributed by atoms with Crippen LogP contribution in [0.5, 0.6) is 5.75 Å². The van der Waals surface area contributed by atoms with Crippen molar-refractivity contribution >= 4 is 33.9 Å². The summed E-state index contributed by atoms with van der Waals surface area (Å²) in [5, 5.41) is 3.69. The molecule has 0 saturated heterocycles. The van der Waals surface area contributed by atoms with Crippen molar-refractivity contribution in [3.63, 3.8) is 0 Å². The molecule has 1 aliphatic rings. The Balaban J connectivity index is 1.86. The molecule has 0 saturated carbocycles. The molecule has 2 aromatic carbocycles. The van der Waals surface area contributed by atoms with Crippen molar-refractivity contribution < 1.29 is 13.9 Å². The molecule has 1 N–H and O–H groups in total. The summed E-state index contributed by atoms with van der Waals surface area (Å²) in [7, 11) is 0. The van der Waals surface area contributed by atoms with E-state index in [2.05, 4.69) is 24.1 Å². The number of nitrogens with zero attached hydrogens (tertiary/aromatic N) is 1. The van der Waals surface area contributed by atoms with E-state index in [0.29, 0.717) is 34.4 Å². The zero-order valence-corrected chi connectivity index (χ0v) is 18.5. The number of rotatable bonds is 6. The third kappa shape index (κ3) is 3.95. The highest BCUT2D eigenvalue weighted by molar-refractivity contribution is 6.10. The van der Waals surface area contributed by atoms with Crippen molar-refractivity contribution in [2.75, 3.05) is 26.2 Å². The summed E-state index contributed by atoms with van der Waals surface area (Å²) < 4.78 is 12.3. The maximum absolute atomic E-state index is 13.4. The maximum atomic E-state index is 13.4. The number of ether oxygens (including phenoxy) is 1. The van der Waals surface area contributed by atoms with Crippen LogP contribution in [-0.4, -0.2) is 42.6 Å². The Labute approximate surface area is 181 Å². The van der Waals surface area contributed by atoms with E-state index in [-0.39, 0.29) is 22.3 Å². The minimum absolute atomic E-state index is 0.216. The van der Waals surface area contributed by atoms with Gasteiger partial charge in [-0.25, -0.2) is 0 Å². The number of carbonyl (C=O) groups is 1. The quantitative estimate of drug-likeness (QED) is 0.605. The van der Waals surface area contributed by atoms with Gasteiger partial charge in [-0.3, -0.25) is 9.59 Å². The number of fused-ring (bicyclic) bond motifs is 4. The molecule has 0 fully saturated rings. The average molecular weight is 421 g/mol. The summed E-state index contributed by atoms with van der Waals surface area (Å²) in [5.74, 6) is 0.228. The summed E-state index contributed by atoms with van der Waals surface area (Å²) in [6, 6.07) is 8.76. The SMILES string of the molecule is CCN(CC)CCNC(=O)c1cc2c(c3oc4ccccc4c(=O)c13)C=CC(C)(C)O2. The Bertz CT molecular complexity index is 1240. The van der Waals surface area contributed by atoms with Gasteiger partial charge in [-0.15, -0.1) is 0 Å². The van der Waals surface area contributed by atoms with E-state index in [4.69, 9.17) is 9.15 Å². The first-order chi connectivity index (χ1) is 14.8. The Hall–Kier alpha value is -3.12. The number of nitrogens with one attached hydrogen (secondary N) is 1. The minimum Gasteiger partial charge on any atom is -0.483 e. The highest BCUT2D eigenvalue weighted by Crippen LogP contribution is 2.38. The van der Waals surface area contributed by atoms with Crippen molar-refractivity contribution in [1.82, 2.24) is 10.2 Å². The molecule has 162 valence electrons. The van der Waals surface area contributed by atoms with Crippen LogP contribution in [0.25, 0.3) is 28.0 Å². The molecule has 6 nitrogen and oxygen atoms in total. The molecule has 4 rings (SSSR count). The lowest BCUT2D eigenvalue weighted by molar-refractivity contribution is 0.0948. The van der Waals surface area contributed by atoms with Crippen LogP contribution in [-0.2, 0) is 0 Å². The van der Waals surface area contributed by atoms with Gasteiger partial charge in [0.1, 0.15) is 22.5 Å². The predicted octanol–water partition coefficient (Wildman–Crippen LogP) is 4.20. The van der Waals surface area contributed by atoms with Crippen molar-refractivity contribution in [3.8, 4) is 5.75 Å². The van der Waals surface area contributed by atoms with Crippen LogP contribution >= 0.6 is 0 Å². The van der Waals surface area contributed by atoms with Gasteiger partial charge >= 0.3 is 0 Å². The molecule has 2 heterocycles. The topological polar surface area (TPSA) is 71.8 Å². The van der Waals surface area contributed by atoms with Crippen molar-refractivity contribution in [2.24, 2.45) is 0 Å². The number of likely N-dealkylation sites (N-methyl/N-ethyl adjacent to an activating group) is 1. The van der Waals surface area contributed by atoms with Crippen LogP contribution in [0.3, 0.4) is 0 Å². The molecule has 0 spiro atoms. The van der Waals surface area contributed by atoms with Crippen LogP contribution in [0.1, 0.15) is 43.6 Å². The Morgan fingerprint density at radius 1 is 1.16 bits per heavy atom. The fourth-order valence-corrected chi connectivity index (χ4v) is 3.95. The highest BCUT2D eigenvalue weighted by atomic mass is 16.5. The molecule has 1 aromatic heterocycles. The van der Waals surface area contributed by atoms with Gasteiger partial charge in [-0.1, -0.05) is 26.0 Å². The summed E-state index contributed by atoms with van der Waals surface area (Å²) in [5.41, 5.74) is 1.08. The van der Waals surface area contributed by atoms with Gasteiger partial charge in [0, 0.05) is 13.1 Å². The Kier molecular flexibility index (Phi) is 5.58. The summed E-state index contributed by atoms with van der Waals surface area (Å²) in [6.45, 7) is 11.1. The lowest BCUT2D eigenvalue weighted by Gasteiger charge is -2.28. The maximum Gasteiger partial charge on any atom is 0.252 e. The van der Waals surface area contributed by atoms with Crippen molar-refractivity contribution in [3.05, 3.63) is 57.8 Å². The predicted molar refractivity (Wildman–Crippen MR) is 124 cm³/mol. The standard InChI is InChI=1S/C25H28N2O4/c1-5-27(6-2)14-13-26-24(29)18-15-20-17(11-12-25(3,4)31-20)23-21(18)22(28)16-9-7-8-10-19(16)30-23/h7-12,15H,5-6,13-14H2,1-4H3,(H,26,29). The van der Waals surface area contributed by atoms with Crippen molar-refractivity contribution in [2.45, 2.75) is 33.3 Å². The van der Waals surface area contributed by atoms with Crippen LogP contribution in [0.15, 0.2) is 45.6 Å². The third-order valence-corrected chi connectivity index (χ3v) is 5.73. The van der Waals surface area contributed by atoms with Gasteiger partial charge in [-0.05, 0) is 57.3 Å².